The van der Waals surface area contributed by atoms with Crippen LogP contribution in [0.25, 0.3) is 0 Å². The standard InChI is InChI=1S/C65H96O6/c1-4-7-10-13-16-19-22-25-27-28-29-30-31-32-33-34-35-36-38-40-43-46-49-52-55-58-64(67)70-61-62(60-69-63(66)57-54-51-48-45-42-39-24-21-18-15-12-9-6-3)71-65(68)59-56-53-50-47-44-41-37-26-23-20-17-14-11-8-5-2/h7-12,16-21,25-27,29-30,32-33,35-37,39-40,42-44,47-48,51,62H,4-6,13-15,22-24,28,31,34,38,41,45-46,49-50,52-61H2,1-3H3/b10-7-,11-8-,12-9-,19-16-,20-17-,21-18-,27-25-,30-29-,33-32-,36-35-,37-26-,42-39-,43-40-,47-44-,51-48-. The Morgan fingerprint density at radius 1 is 0.282 bits per heavy atom. The highest BCUT2D eigenvalue weighted by Crippen LogP contribution is 2.10. The molecule has 0 saturated heterocycles. The van der Waals surface area contributed by atoms with Gasteiger partial charge in [0.2, 0.25) is 0 Å². The zero-order valence-electron chi connectivity index (χ0n) is 44.6. The molecular formula is C65H96O6. The predicted molar refractivity (Wildman–Crippen MR) is 306 cm³/mol. The molecule has 0 heterocycles. The third kappa shape index (κ3) is 55.3. The number of carbonyl (C=O) groups excluding carboxylic acids is 3. The molecule has 0 N–H and O–H groups in total. The normalized spacial score (nSPS) is 13.6. The minimum absolute atomic E-state index is 0.145. The molecule has 392 valence electrons. The molecule has 6 heteroatoms. The van der Waals surface area contributed by atoms with Crippen molar-refractivity contribution >= 4 is 17.9 Å². The van der Waals surface area contributed by atoms with Crippen molar-refractivity contribution in [3.05, 3.63) is 182 Å². The monoisotopic (exact) mass is 973 g/mol. The molecule has 71 heavy (non-hydrogen) atoms. The van der Waals surface area contributed by atoms with Crippen LogP contribution < -0.4 is 0 Å². The third-order valence-electron chi connectivity index (χ3n) is 10.4. The van der Waals surface area contributed by atoms with Gasteiger partial charge in [-0.25, -0.2) is 0 Å². The first kappa shape index (κ1) is 65.5. The van der Waals surface area contributed by atoms with Gasteiger partial charge in [0.05, 0.1) is 0 Å². The topological polar surface area (TPSA) is 78.9 Å². The van der Waals surface area contributed by atoms with Crippen molar-refractivity contribution in [3.63, 3.8) is 0 Å². The lowest BCUT2D eigenvalue weighted by Gasteiger charge is -2.18. The van der Waals surface area contributed by atoms with Gasteiger partial charge < -0.3 is 14.2 Å². The highest BCUT2D eigenvalue weighted by Gasteiger charge is 2.19. The molecule has 0 radical (unpaired) electrons. The van der Waals surface area contributed by atoms with Crippen LogP contribution in [0.15, 0.2) is 182 Å². The summed E-state index contributed by atoms with van der Waals surface area (Å²) in [6, 6.07) is 0. The second-order valence-corrected chi connectivity index (χ2v) is 17.0. The highest BCUT2D eigenvalue weighted by atomic mass is 16.6. The number of unbranched alkanes of at least 4 members (excludes halogenated alkanes) is 5. The van der Waals surface area contributed by atoms with E-state index in [4.69, 9.17) is 14.2 Å². The summed E-state index contributed by atoms with van der Waals surface area (Å²) >= 11 is 0. The Labute approximate surface area is 434 Å². The Kier molecular flexibility index (Phi) is 52.7. The molecule has 0 aliphatic heterocycles. The number of hydrogen-bond donors (Lipinski definition) is 0. The molecule has 0 aromatic heterocycles. The number of hydrogen-bond acceptors (Lipinski definition) is 6. The Balaban J connectivity index is 4.57. The van der Waals surface area contributed by atoms with Gasteiger partial charge in [0.15, 0.2) is 6.10 Å². The summed E-state index contributed by atoms with van der Waals surface area (Å²) in [6.07, 6.45) is 86.1. The van der Waals surface area contributed by atoms with Crippen molar-refractivity contribution in [2.75, 3.05) is 13.2 Å². The zero-order valence-corrected chi connectivity index (χ0v) is 44.6. The predicted octanol–water partition coefficient (Wildman–Crippen LogP) is 18.5. The van der Waals surface area contributed by atoms with Gasteiger partial charge in [-0.2, -0.15) is 0 Å². The van der Waals surface area contributed by atoms with Crippen molar-refractivity contribution in [2.24, 2.45) is 0 Å². The maximum atomic E-state index is 12.8. The Hall–Kier alpha value is -5.49. The van der Waals surface area contributed by atoms with E-state index in [-0.39, 0.29) is 50.4 Å². The largest absolute Gasteiger partial charge is 0.462 e. The van der Waals surface area contributed by atoms with E-state index < -0.39 is 6.10 Å². The molecule has 1 atom stereocenters. The molecule has 0 aromatic carbocycles. The average Bonchev–Trinajstić information content (AvgIpc) is 3.37. The van der Waals surface area contributed by atoms with Crippen molar-refractivity contribution in [2.45, 2.75) is 194 Å². The molecule has 0 amide bonds. The summed E-state index contributed by atoms with van der Waals surface area (Å²) in [5.74, 6) is -1.12. The van der Waals surface area contributed by atoms with Crippen LogP contribution in [0, 0.1) is 0 Å². The number of allylic oxidation sites excluding steroid dienone is 30. The van der Waals surface area contributed by atoms with Crippen LogP contribution in [-0.4, -0.2) is 37.2 Å². The summed E-state index contributed by atoms with van der Waals surface area (Å²) in [4.78, 5) is 38.0. The summed E-state index contributed by atoms with van der Waals surface area (Å²) < 4.78 is 16.7. The minimum Gasteiger partial charge on any atom is -0.462 e. The molecule has 0 aromatic rings. The van der Waals surface area contributed by atoms with Gasteiger partial charge in [0, 0.05) is 19.3 Å². The summed E-state index contributed by atoms with van der Waals surface area (Å²) in [6.45, 7) is 6.13. The van der Waals surface area contributed by atoms with Gasteiger partial charge in [0.1, 0.15) is 13.2 Å². The van der Waals surface area contributed by atoms with Gasteiger partial charge >= 0.3 is 17.9 Å². The fourth-order valence-corrected chi connectivity index (χ4v) is 6.42. The maximum absolute atomic E-state index is 12.8. The molecule has 0 aliphatic carbocycles. The SMILES string of the molecule is CC/C=C\C/C=C\C/C=C\C/C=C\C/C=C\C/C=C\C/C=C\CCCCCC(=O)OCC(COC(=O)CC/C=C\C/C=C\C/C=C\C/C=C\CC)OC(=O)CCCC/C=C\C/C=C\C/C=C\C/C=C\CC. The van der Waals surface area contributed by atoms with Gasteiger partial charge in [-0.1, -0.05) is 209 Å². The third-order valence-corrected chi connectivity index (χ3v) is 10.4. The lowest BCUT2D eigenvalue weighted by molar-refractivity contribution is -0.166. The second kappa shape index (κ2) is 57.1. The van der Waals surface area contributed by atoms with E-state index in [0.29, 0.717) is 12.8 Å². The zero-order chi connectivity index (χ0) is 51.4. The molecule has 0 rings (SSSR count). The van der Waals surface area contributed by atoms with Crippen molar-refractivity contribution < 1.29 is 28.6 Å². The minimum atomic E-state index is -0.853. The summed E-state index contributed by atoms with van der Waals surface area (Å²) in [5, 5.41) is 0. The lowest BCUT2D eigenvalue weighted by Crippen LogP contribution is -2.30. The van der Waals surface area contributed by atoms with E-state index in [1.807, 2.05) is 12.2 Å². The number of ether oxygens (including phenoxy) is 3. The van der Waals surface area contributed by atoms with E-state index in [9.17, 15) is 14.4 Å². The van der Waals surface area contributed by atoms with Crippen LogP contribution in [-0.2, 0) is 28.6 Å². The summed E-state index contributed by atoms with van der Waals surface area (Å²) in [7, 11) is 0. The smallest absolute Gasteiger partial charge is 0.306 e. The molecule has 1 unspecified atom stereocenters. The van der Waals surface area contributed by atoms with Crippen LogP contribution in [0.5, 0.6) is 0 Å². The van der Waals surface area contributed by atoms with E-state index >= 15 is 0 Å². The van der Waals surface area contributed by atoms with E-state index in [1.165, 1.54) is 0 Å². The fraction of sp³-hybridized carbons (Fsp3) is 0.492. The lowest BCUT2D eigenvalue weighted by atomic mass is 10.1. The molecule has 6 nitrogen and oxygen atoms in total. The Morgan fingerprint density at radius 2 is 0.535 bits per heavy atom. The van der Waals surface area contributed by atoms with Gasteiger partial charge in [-0.3, -0.25) is 14.4 Å². The van der Waals surface area contributed by atoms with Crippen LogP contribution in [0.1, 0.15) is 188 Å². The van der Waals surface area contributed by atoms with Crippen LogP contribution in [0.4, 0.5) is 0 Å². The molecular weight excluding hydrogens is 877 g/mol. The number of esters is 3. The van der Waals surface area contributed by atoms with Crippen molar-refractivity contribution in [1.82, 2.24) is 0 Å². The molecule has 0 spiro atoms. The average molecular weight is 973 g/mol. The summed E-state index contributed by atoms with van der Waals surface area (Å²) in [5.41, 5.74) is 0. The van der Waals surface area contributed by atoms with Crippen LogP contribution >= 0.6 is 0 Å². The molecule has 0 bridgehead atoms. The van der Waals surface area contributed by atoms with Crippen LogP contribution in [0.3, 0.4) is 0 Å². The number of carbonyl (C=O) groups is 3. The first-order valence-corrected chi connectivity index (χ1v) is 27.3. The molecule has 0 aliphatic rings. The fourth-order valence-electron chi connectivity index (χ4n) is 6.42. The molecule has 0 fully saturated rings. The van der Waals surface area contributed by atoms with Gasteiger partial charge in [-0.15, -0.1) is 0 Å². The second-order valence-electron chi connectivity index (χ2n) is 17.0. The van der Waals surface area contributed by atoms with E-state index in [2.05, 4.69) is 191 Å². The van der Waals surface area contributed by atoms with Gasteiger partial charge in [-0.05, 0) is 141 Å². The Morgan fingerprint density at radius 3 is 0.873 bits per heavy atom. The molecule has 0 saturated carbocycles. The van der Waals surface area contributed by atoms with Crippen molar-refractivity contribution in [1.29, 1.82) is 0 Å². The Bertz CT molecular complexity index is 1730. The number of rotatable bonds is 46. The van der Waals surface area contributed by atoms with E-state index in [1.54, 1.807) is 0 Å². The first-order valence-electron chi connectivity index (χ1n) is 27.3. The van der Waals surface area contributed by atoms with Crippen molar-refractivity contribution in [3.8, 4) is 0 Å². The van der Waals surface area contributed by atoms with Crippen LogP contribution in [0.2, 0.25) is 0 Å². The highest BCUT2D eigenvalue weighted by molar-refractivity contribution is 5.71. The van der Waals surface area contributed by atoms with E-state index in [0.717, 1.165) is 135 Å². The van der Waals surface area contributed by atoms with Gasteiger partial charge in [0.25, 0.3) is 0 Å². The quantitative estimate of drug-likeness (QED) is 0.0262. The maximum Gasteiger partial charge on any atom is 0.306 e. The first-order chi connectivity index (χ1) is 35.0.